The van der Waals surface area contributed by atoms with E-state index in [1.165, 1.54) is 24.0 Å². The largest absolute Gasteiger partial charge is 0.310 e. The number of allylic oxidation sites excluding steroid dienone is 1. The number of benzene rings is 1. The smallest absolute Gasteiger partial charge is 0.0322 e. The first-order chi connectivity index (χ1) is 8.19. The van der Waals surface area contributed by atoms with Gasteiger partial charge in [-0.3, -0.25) is 0 Å². The zero-order valence-electron chi connectivity index (χ0n) is 10.8. The summed E-state index contributed by atoms with van der Waals surface area (Å²) >= 11 is 3.51. The number of rotatable bonds is 7. The van der Waals surface area contributed by atoms with E-state index in [2.05, 4.69) is 59.9 Å². The summed E-state index contributed by atoms with van der Waals surface area (Å²) in [6, 6.07) is 7.00. The average Bonchev–Trinajstić information content (AvgIpc) is 2.28. The lowest BCUT2D eigenvalue weighted by Crippen LogP contribution is -2.21. The highest BCUT2D eigenvalue weighted by Crippen LogP contribution is 2.25. The second-order valence-electron chi connectivity index (χ2n) is 4.33. The SMILES string of the molecule is C=CCCCC(NCC)c1ccc(Br)cc1C. The average molecular weight is 296 g/mol. The molecule has 1 aromatic rings. The zero-order valence-corrected chi connectivity index (χ0v) is 12.4. The second-order valence-corrected chi connectivity index (χ2v) is 5.25. The topological polar surface area (TPSA) is 12.0 Å². The maximum Gasteiger partial charge on any atom is 0.0322 e. The number of aryl methyl sites for hydroxylation is 1. The monoisotopic (exact) mass is 295 g/mol. The van der Waals surface area contributed by atoms with E-state index in [4.69, 9.17) is 0 Å². The highest BCUT2D eigenvalue weighted by atomic mass is 79.9. The second kappa shape index (κ2) is 7.67. The van der Waals surface area contributed by atoms with Gasteiger partial charge < -0.3 is 5.32 Å². The Kier molecular flexibility index (Phi) is 6.53. The maximum absolute atomic E-state index is 3.78. The summed E-state index contributed by atoms with van der Waals surface area (Å²) in [7, 11) is 0. The third-order valence-corrected chi connectivity index (χ3v) is 3.45. The number of hydrogen-bond acceptors (Lipinski definition) is 1. The molecule has 1 atom stereocenters. The van der Waals surface area contributed by atoms with E-state index in [0.29, 0.717) is 6.04 Å². The van der Waals surface area contributed by atoms with Gasteiger partial charge in [0.15, 0.2) is 0 Å². The Labute approximate surface area is 113 Å². The predicted octanol–water partition coefficient (Wildman–Crippen LogP) is 4.76. The summed E-state index contributed by atoms with van der Waals surface area (Å²) in [5.74, 6) is 0. The van der Waals surface area contributed by atoms with Gasteiger partial charge in [-0.05, 0) is 56.0 Å². The van der Waals surface area contributed by atoms with Gasteiger partial charge in [-0.1, -0.05) is 35.0 Å². The maximum atomic E-state index is 3.78. The van der Waals surface area contributed by atoms with Gasteiger partial charge in [-0.15, -0.1) is 6.58 Å². The highest BCUT2D eigenvalue weighted by Gasteiger charge is 2.12. The minimum Gasteiger partial charge on any atom is -0.310 e. The number of nitrogens with one attached hydrogen (secondary N) is 1. The van der Waals surface area contributed by atoms with Crippen LogP contribution in [0.5, 0.6) is 0 Å². The molecule has 0 aliphatic carbocycles. The standard InChI is InChI=1S/C15H22BrN/c1-4-6-7-8-15(17-5-2)14-10-9-13(16)11-12(14)3/h4,9-11,15,17H,1,5-8H2,2-3H3. The molecule has 2 heteroatoms. The molecule has 0 saturated carbocycles. The Bertz CT molecular complexity index is 360. The fraction of sp³-hybridized carbons (Fsp3) is 0.467. The van der Waals surface area contributed by atoms with Crippen LogP contribution < -0.4 is 5.32 Å². The van der Waals surface area contributed by atoms with Gasteiger partial charge in [0.2, 0.25) is 0 Å². The van der Waals surface area contributed by atoms with Crippen molar-refractivity contribution in [1.82, 2.24) is 5.32 Å². The molecule has 0 fully saturated rings. The molecule has 0 aliphatic rings. The molecule has 0 spiro atoms. The summed E-state index contributed by atoms with van der Waals surface area (Å²) < 4.78 is 1.15. The molecule has 0 aliphatic heterocycles. The normalized spacial score (nSPS) is 12.4. The molecule has 0 heterocycles. The van der Waals surface area contributed by atoms with Crippen molar-refractivity contribution in [2.45, 2.75) is 39.2 Å². The molecular formula is C15H22BrN. The van der Waals surface area contributed by atoms with Gasteiger partial charge in [-0.2, -0.15) is 0 Å². The third-order valence-electron chi connectivity index (χ3n) is 2.96. The van der Waals surface area contributed by atoms with Crippen LogP contribution in [-0.4, -0.2) is 6.54 Å². The van der Waals surface area contributed by atoms with Crippen LogP contribution in [0.1, 0.15) is 43.4 Å². The van der Waals surface area contributed by atoms with E-state index in [0.717, 1.165) is 17.4 Å². The first-order valence-corrected chi connectivity index (χ1v) is 7.08. The van der Waals surface area contributed by atoms with Crippen molar-refractivity contribution >= 4 is 15.9 Å². The van der Waals surface area contributed by atoms with Crippen LogP contribution in [0, 0.1) is 6.92 Å². The molecule has 1 rings (SSSR count). The fourth-order valence-corrected chi connectivity index (χ4v) is 2.59. The Hall–Kier alpha value is -0.600. The van der Waals surface area contributed by atoms with Crippen LogP contribution in [0.2, 0.25) is 0 Å². The zero-order chi connectivity index (χ0) is 12.7. The highest BCUT2D eigenvalue weighted by molar-refractivity contribution is 9.10. The first-order valence-electron chi connectivity index (χ1n) is 6.29. The summed E-state index contributed by atoms with van der Waals surface area (Å²) in [5.41, 5.74) is 2.77. The van der Waals surface area contributed by atoms with Crippen molar-refractivity contribution in [1.29, 1.82) is 0 Å². The molecule has 0 amide bonds. The van der Waals surface area contributed by atoms with Crippen molar-refractivity contribution in [2.24, 2.45) is 0 Å². The van der Waals surface area contributed by atoms with E-state index in [-0.39, 0.29) is 0 Å². The van der Waals surface area contributed by atoms with Crippen LogP contribution in [0.15, 0.2) is 35.3 Å². The van der Waals surface area contributed by atoms with Gasteiger partial charge >= 0.3 is 0 Å². The number of hydrogen-bond donors (Lipinski definition) is 1. The van der Waals surface area contributed by atoms with Crippen LogP contribution >= 0.6 is 15.9 Å². The fourth-order valence-electron chi connectivity index (χ4n) is 2.11. The summed E-state index contributed by atoms with van der Waals surface area (Å²) in [5, 5.41) is 3.57. The minimum atomic E-state index is 0.466. The molecule has 1 nitrogen and oxygen atoms in total. The Morgan fingerprint density at radius 2 is 2.24 bits per heavy atom. The molecular weight excluding hydrogens is 274 g/mol. The predicted molar refractivity (Wildman–Crippen MR) is 79.3 cm³/mol. The van der Waals surface area contributed by atoms with Crippen molar-refractivity contribution in [3.8, 4) is 0 Å². The van der Waals surface area contributed by atoms with Crippen molar-refractivity contribution < 1.29 is 0 Å². The molecule has 94 valence electrons. The van der Waals surface area contributed by atoms with E-state index in [1.54, 1.807) is 0 Å². The minimum absolute atomic E-state index is 0.466. The lowest BCUT2D eigenvalue weighted by atomic mass is 9.97. The Balaban J connectivity index is 2.77. The lowest BCUT2D eigenvalue weighted by molar-refractivity contribution is 0.498. The molecule has 0 saturated heterocycles. The van der Waals surface area contributed by atoms with Crippen molar-refractivity contribution in [3.05, 3.63) is 46.5 Å². The third kappa shape index (κ3) is 4.64. The number of unbranched alkanes of at least 4 members (excludes halogenated alkanes) is 1. The summed E-state index contributed by atoms with van der Waals surface area (Å²) in [6.45, 7) is 9.13. The molecule has 0 aromatic heterocycles. The van der Waals surface area contributed by atoms with E-state index in [9.17, 15) is 0 Å². The molecule has 0 bridgehead atoms. The molecule has 1 aromatic carbocycles. The van der Waals surface area contributed by atoms with E-state index in [1.807, 2.05) is 6.08 Å². The van der Waals surface area contributed by atoms with Crippen LogP contribution in [-0.2, 0) is 0 Å². The Morgan fingerprint density at radius 3 is 2.82 bits per heavy atom. The molecule has 1 unspecified atom stereocenters. The van der Waals surface area contributed by atoms with Crippen LogP contribution in [0.4, 0.5) is 0 Å². The summed E-state index contributed by atoms with van der Waals surface area (Å²) in [6.07, 6.45) is 5.45. The van der Waals surface area contributed by atoms with E-state index >= 15 is 0 Å². The summed E-state index contributed by atoms with van der Waals surface area (Å²) in [4.78, 5) is 0. The number of halogens is 1. The molecule has 17 heavy (non-hydrogen) atoms. The molecule has 0 radical (unpaired) electrons. The van der Waals surface area contributed by atoms with Gasteiger partial charge in [0, 0.05) is 10.5 Å². The van der Waals surface area contributed by atoms with Crippen molar-refractivity contribution in [3.63, 3.8) is 0 Å². The molecule has 1 N–H and O–H groups in total. The van der Waals surface area contributed by atoms with Gasteiger partial charge in [0.1, 0.15) is 0 Å². The van der Waals surface area contributed by atoms with Crippen LogP contribution in [0.25, 0.3) is 0 Å². The van der Waals surface area contributed by atoms with E-state index < -0.39 is 0 Å². The lowest BCUT2D eigenvalue weighted by Gasteiger charge is -2.20. The Morgan fingerprint density at radius 1 is 1.47 bits per heavy atom. The van der Waals surface area contributed by atoms with Gasteiger partial charge in [0.05, 0.1) is 0 Å². The van der Waals surface area contributed by atoms with Gasteiger partial charge in [-0.25, -0.2) is 0 Å². The quantitative estimate of drug-likeness (QED) is 0.565. The first kappa shape index (κ1) is 14.5. The van der Waals surface area contributed by atoms with Gasteiger partial charge in [0.25, 0.3) is 0 Å². The van der Waals surface area contributed by atoms with Crippen LogP contribution in [0.3, 0.4) is 0 Å². The van der Waals surface area contributed by atoms with Crippen molar-refractivity contribution in [2.75, 3.05) is 6.54 Å².